The van der Waals surface area contributed by atoms with Crippen molar-refractivity contribution in [2.45, 2.75) is 13.3 Å². The molecule has 2 nitrogen and oxygen atoms in total. The van der Waals surface area contributed by atoms with Gasteiger partial charge >= 0.3 is 8.03 Å². The molecule has 0 spiro atoms. The van der Waals surface area contributed by atoms with Gasteiger partial charge in [-0.05, 0) is 11.5 Å². The van der Waals surface area contributed by atoms with Crippen molar-refractivity contribution in [2.24, 2.45) is 0 Å². The maximum atomic E-state index is 9.99. The van der Waals surface area contributed by atoms with E-state index in [1.54, 1.807) is 0 Å². The quantitative estimate of drug-likeness (QED) is 0.469. The second-order valence-electron chi connectivity index (χ2n) is 1.43. The van der Waals surface area contributed by atoms with Gasteiger partial charge in [-0.25, -0.2) is 0 Å². The molecule has 46 valence electrons. The Morgan fingerprint density at radius 1 is 1.75 bits per heavy atom. The van der Waals surface area contributed by atoms with Gasteiger partial charge in [0, 0.05) is 6.42 Å². The third-order valence-corrected chi connectivity index (χ3v) is 1.36. The second kappa shape index (κ2) is 4.95. The van der Waals surface area contributed by atoms with E-state index < -0.39 is 8.03 Å². The van der Waals surface area contributed by atoms with Crippen molar-refractivity contribution in [3.05, 3.63) is 12.2 Å². The highest BCUT2D eigenvalue weighted by Crippen LogP contribution is 2.13. The molecular formula is C5H10O2P+. The van der Waals surface area contributed by atoms with Crippen molar-refractivity contribution >= 4 is 8.03 Å². The standard InChI is InChI=1S/C5H9O2P/c1-2-3-4-5-8(6)7/h2-3H,4-5H2,1H3/p+1/b3-2+. The van der Waals surface area contributed by atoms with Crippen molar-refractivity contribution < 1.29 is 9.46 Å². The highest BCUT2D eigenvalue weighted by molar-refractivity contribution is 7.37. The van der Waals surface area contributed by atoms with Crippen LogP contribution in [0.4, 0.5) is 0 Å². The van der Waals surface area contributed by atoms with E-state index in [2.05, 4.69) is 0 Å². The fraction of sp³-hybridized carbons (Fsp3) is 0.600. The summed E-state index contributed by atoms with van der Waals surface area (Å²) in [6.07, 6.45) is 4.85. The Hall–Kier alpha value is -0.200. The van der Waals surface area contributed by atoms with Crippen LogP contribution in [0.2, 0.25) is 0 Å². The minimum absolute atomic E-state index is 0.389. The molecule has 0 heterocycles. The number of rotatable bonds is 3. The first-order chi connectivity index (χ1) is 3.77. The smallest absolute Gasteiger partial charge is 0.161 e. The van der Waals surface area contributed by atoms with Gasteiger partial charge in [0.1, 0.15) is 0 Å². The summed E-state index contributed by atoms with van der Waals surface area (Å²) >= 11 is 0. The Labute approximate surface area is 50.1 Å². The molecule has 0 aromatic carbocycles. The Balaban J connectivity index is 3.05. The van der Waals surface area contributed by atoms with Crippen LogP contribution in [0, 0.1) is 0 Å². The number of hydrogen-bond donors (Lipinski definition) is 1. The largest absolute Gasteiger partial charge is 0.505 e. The summed E-state index contributed by atoms with van der Waals surface area (Å²) in [5, 5.41) is 0. The molecule has 1 atom stereocenters. The van der Waals surface area contributed by atoms with Crippen molar-refractivity contribution in [3.8, 4) is 0 Å². The first-order valence-electron chi connectivity index (χ1n) is 2.52. The van der Waals surface area contributed by atoms with Gasteiger partial charge in [-0.3, -0.25) is 0 Å². The zero-order valence-corrected chi connectivity index (χ0v) is 5.77. The van der Waals surface area contributed by atoms with Gasteiger partial charge in [0.2, 0.25) is 0 Å². The summed E-state index contributed by atoms with van der Waals surface area (Å²) in [6, 6.07) is 0. The van der Waals surface area contributed by atoms with Crippen molar-refractivity contribution in [2.75, 3.05) is 6.16 Å². The number of hydrogen-bond acceptors (Lipinski definition) is 1. The summed E-state index contributed by atoms with van der Waals surface area (Å²) in [5.41, 5.74) is 0. The van der Waals surface area contributed by atoms with Crippen molar-refractivity contribution in [1.29, 1.82) is 0 Å². The molecule has 0 aliphatic carbocycles. The summed E-state index contributed by atoms with van der Waals surface area (Å²) in [6.45, 7) is 1.89. The molecule has 3 heteroatoms. The van der Waals surface area contributed by atoms with Gasteiger partial charge < -0.3 is 0 Å². The van der Waals surface area contributed by atoms with Crippen LogP contribution >= 0.6 is 8.03 Å². The van der Waals surface area contributed by atoms with Crippen LogP contribution in [-0.2, 0) is 4.57 Å². The number of allylic oxidation sites excluding steroid dienone is 2. The van der Waals surface area contributed by atoms with Crippen molar-refractivity contribution in [3.63, 3.8) is 0 Å². The first-order valence-corrected chi connectivity index (χ1v) is 3.92. The highest BCUT2D eigenvalue weighted by atomic mass is 31.1. The predicted molar refractivity (Wildman–Crippen MR) is 34.1 cm³/mol. The van der Waals surface area contributed by atoms with E-state index in [9.17, 15) is 4.57 Å². The Bertz CT molecular complexity index is 98.6. The fourth-order valence-electron chi connectivity index (χ4n) is 0.352. The summed E-state index contributed by atoms with van der Waals surface area (Å²) in [4.78, 5) is 8.25. The van der Waals surface area contributed by atoms with Crippen LogP contribution in [0.3, 0.4) is 0 Å². The molecule has 0 aliphatic heterocycles. The van der Waals surface area contributed by atoms with E-state index in [4.69, 9.17) is 4.89 Å². The second-order valence-corrected chi connectivity index (χ2v) is 2.59. The molecule has 0 saturated carbocycles. The van der Waals surface area contributed by atoms with E-state index in [-0.39, 0.29) is 0 Å². The van der Waals surface area contributed by atoms with Crippen LogP contribution < -0.4 is 0 Å². The lowest BCUT2D eigenvalue weighted by Crippen LogP contribution is -1.70. The topological polar surface area (TPSA) is 37.3 Å². The SMILES string of the molecule is C/C=C/CC[P+](=O)O. The van der Waals surface area contributed by atoms with Crippen LogP contribution in [0.1, 0.15) is 13.3 Å². The lowest BCUT2D eigenvalue weighted by atomic mass is 10.4. The molecule has 0 fully saturated rings. The Kier molecular flexibility index (Phi) is 4.82. The van der Waals surface area contributed by atoms with Gasteiger partial charge in [-0.2, -0.15) is 4.89 Å². The molecule has 8 heavy (non-hydrogen) atoms. The van der Waals surface area contributed by atoms with E-state index in [1.807, 2.05) is 19.1 Å². The van der Waals surface area contributed by atoms with E-state index in [0.29, 0.717) is 12.6 Å². The van der Waals surface area contributed by atoms with Crippen LogP contribution in [0.25, 0.3) is 0 Å². The lowest BCUT2D eigenvalue weighted by molar-refractivity contribution is 0.503. The van der Waals surface area contributed by atoms with Gasteiger partial charge in [0.05, 0.1) is 0 Å². The molecule has 0 radical (unpaired) electrons. The Morgan fingerprint density at radius 2 is 2.38 bits per heavy atom. The van der Waals surface area contributed by atoms with Crippen molar-refractivity contribution in [1.82, 2.24) is 0 Å². The minimum Gasteiger partial charge on any atom is -0.161 e. The van der Waals surface area contributed by atoms with Gasteiger partial charge in [-0.1, -0.05) is 12.2 Å². The zero-order chi connectivity index (χ0) is 6.41. The molecule has 1 unspecified atom stereocenters. The monoisotopic (exact) mass is 133 g/mol. The molecule has 0 aromatic rings. The summed E-state index contributed by atoms with van der Waals surface area (Å²) in [7, 11) is -1.91. The van der Waals surface area contributed by atoms with E-state index in [0.717, 1.165) is 0 Å². The average Bonchev–Trinajstić information content (AvgIpc) is 1.66. The molecule has 0 amide bonds. The highest BCUT2D eigenvalue weighted by Gasteiger charge is 2.05. The third-order valence-electron chi connectivity index (χ3n) is 0.723. The maximum absolute atomic E-state index is 9.99. The zero-order valence-electron chi connectivity index (χ0n) is 4.87. The lowest BCUT2D eigenvalue weighted by Gasteiger charge is -1.73. The molecular weight excluding hydrogens is 123 g/mol. The van der Waals surface area contributed by atoms with E-state index >= 15 is 0 Å². The predicted octanol–water partition coefficient (Wildman–Crippen LogP) is 1.69. The van der Waals surface area contributed by atoms with E-state index in [1.165, 1.54) is 0 Å². The van der Waals surface area contributed by atoms with Crippen LogP contribution in [0.5, 0.6) is 0 Å². The molecule has 0 bridgehead atoms. The molecule has 0 aliphatic rings. The molecule has 1 N–H and O–H groups in total. The first kappa shape index (κ1) is 7.80. The fourth-order valence-corrected chi connectivity index (χ4v) is 0.722. The van der Waals surface area contributed by atoms with Gasteiger partial charge in [-0.15, -0.1) is 0 Å². The average molecular weight is 133 g/mol. The summed E-state index contributed by atoms with van der Waals surface area (Å²) in [5.74, 6) is 0. The molecule has 0 saturated heterocycles. The van der Waals surface area contributed by atoms with Crippen LogP contribution in [-0.4, -0.2) is 11.1 Å². The maximum Gasteiger partial charge on any atom is 0.505 e. The molecule has 0 rings (SSSR count). The van der Waals surface area contributed by atoms with Crippen LogP contribution in [0.15, 0.2) is 12.2 Å². The van der Waals surface area contributed by atoms with Gasteiger partial charge in [0.25, 0.3) is 0 Å². The summed E-state index contributed by atoms with van der Waals surface area (Å²) < 4.78 is 9.99. The Morgan fingerprint density at radius 3 is 2.75 bits per heavy atom. The molecule has 0 aromatic heterocycles. The van der Waals surface area contributed by atoms with Gasteiger partial charge in [0.15, 0.2) is 6.16 Å². The normalized spacial score (nSPS) is 12.5. The minimum atomic E-state index is -1.91. The third kappa shape index (κ3) is 5.80.